The van der Waals surface area contributed by atoms with E-state index in [-0.39, 0.29) is 17.2 Å². The molecule has 1 aromatic heterocycles. The summed E-state index contributed by atoms with van der Waals surface area (Å²) in [5, 5.41) is 19.0. The Morgan fingerprint density at radius 2 is 2.08 bits per heavy atom. The van der Waals surface area contributed by atoms with Crippen LogP contribution >= 0.6 is 11.8 Å². The van der Waals surface area contributed by atoms with Crippen molar-refractivity contribution in [3.05, 3.63) is 34.0 Å². The molecule has 192 valence electrons. The first kappa shape index (κ1) is 25.4. The van der Waals surface area contributed by atoms with Crippen molar-refractivity contribution in [2.75, 3.05) is 31.1 Å². The SMILES string of the molecule is CCC/C(C(=N)[C@H]1CCCC2=C1C(C#N)C(N)S2)=C(/C)c1ccnc(N2CCCN3CCCC3C2)n1. The molecule has 8 heteroatoms. The smallest absolute Gasteiger partial charge is 0.225 e. The summed E-state index contributed by atoms with van der Waals surface area (Å²) in [7, 11) is 0. The van der Waals surface area contributed by atoms with Crippen LogP contribution in [0.5, 0.6) is 0 Å². The lowest BCUT2D eigenvalue weighted by atomic mass is 9.75. The summed E-state index contributed by atoms with van der Waals surface area (Å²) in [6.07, 6.45) is 10.3. The number of hydrogen-bond acceptors (Lipinski definition) is 8. The highest BCUT2D eigenvalue weighted by Gasteiger charge is 2.41. The molecule has 0 amide bonds. The number of fused-ring (bicyclic) bond motifs is 1. The van der Waals surface area contributed by atoms with Crippen molar-refractivity contribution in [3.63, 3.8) is 0 Å². The topological polar surface area (TPSA) is 106 Å². The van der Waals surface area contributed by atoms with Gasteiger partial charge in [-0.05, 0) is 86.1 Å². The predicted molar refractivity (Wildman–Crippen MR) is 148 cm³/mol. The third kappa shape index (κ3) is 4.85. The second kappa shape index (κ2) is 11.0. The number of nitrogens with zero attached hydrogens (tertiary/aromatic N) is 5. The Hall–Kier alpha value is -2.21. The highest BCUT2D eigenvalue weighted by molar-refractivity contribution is 8.03. The molecule has 0 spiro atoms. The van der Waals surface area contributed by atoms with Crippen LogP contribution in [0.1, 0.15) is 70.9 Å². The highest BCUT2D eigenvalue weighted by atomic mass is 32.2. The van der Waals surface area contributed by atoms with Gasteiger partial charge >= 0.3 is 0 Å². The van der Waals surface area contributed by atoms with Crippen LogP contribution in [0.3, 0.4) is 0 Å². The molecule has 3 aliphatic heterocycles. The van der Waals surface area contributed by atoms with Crippen LogP contribution in [0.25, 0.3) is 5.57 Å². The molecule has 0 bridgehead atoms. The lowest BCUT2D eigenvalue weighted by Gasteiger charge is -2.29. The Kier molecular flexibility index (Phi) is 7.80. The van der Waals surface area contributed by atoms with Crippen molar-refractivity contribution in [3.8, 4) is 6.07 Å². The molecule has 2 saturated heterocycles. The van der Waals surface area contributed by atoms with Crippen LogP contribution in [0.2, 0.25) is 0 Å². The van der Waals surface area contributed by atoms with E-state index in [1.807, 2.05) is 12.3 Å². The molecule has 0 saturated carbocycles. The van der Waals surface area contributed by atoms with Crippen molar-refractivity contribution >= 4 is 29.0 Å². The Morgan fingerprint density at radius 1 is 1.25 bits per heavy atom. The van der Waals surface area contributed by atoms with Gasteiger partial charge < -0.3 is 16.0 Å². The molecule has 1 aromatic rings. The van der Waals surface area contributed by atoms with Crippen LogP contribution in [0.15, 0.2) is 28.3 Å². The molecule has 2 fully saturated rings. The van der Waals surface area contributed by atoms with Crippen molar-refractivity contribution in [1.82, 2.24) is 14.9 Å². The summed E-state index contributed by atoms with van der Waals surface area (Å²) >= 11 is 1.65. The Morgan fingerprint density at radius 3 is 2.89 bits per heavy atom. The second-order valence-electron chi connectivity index (χ2n) is 10.7. The van der Waals surface area contributed by atoms with Gasteiger partial charge in [0.2, 0.25) is 5.95 Å². The molecule has 5 rings (SSSR count). The van der Waals surface area contributed by atoms with E-state index in [0.717, 1.165) is 80.0 Å². The van der Waals surface area contributed by atoms with E-state index in [0.29, 0.717) is 11.8 Å². The summed E-state index contributed by atoms with van der Waals surface area (Å²) in [5.74, 6) is 0.507. The van der Waals surface area contributed by atoms with Crippen LogP contribution in [0.4, 0.5) is 5.95 Å². The van der Waals surface area contributed by atoms with Gasteiger partial charge in [0.15, 0.2) is 0 Å². The zero-order valence-corrected chi connectivity index (χ0v) is 22.5. The van der Waals surface area contributed by atoms with Gasteiger partial charge in [-0.2, -0.15) is 5.26 Å². The molecule has 4 heterocycles. The molecular formula is C28H39N7S. The Labute approximate surface area is 219 Å². The van der Waals surface area contributed by atoms with Gasteiger partial charge in [-0.25, -0.2) is 9.97 Å². The molecule has 4 atom stereocenters. The van der Waals surface area contributed by atoms with Crippen LogP contribution in [0, 0.1) is 28.6 Å². The molecule has 7 nitrogen and oxygen atoms in total. The van der Waals surface area contributed by atoms with E-state index in [1.54, 1.807) is 11.8 Å². The monoisotopic (exact) mass is 505 g/mol. The van der Waals surface area contributed by atoms with Crippen molar-refractivity contribution in [1.29, 1.82) is 10.7 Å². The lowest BCUT2D eigenvalue weighted by Crippen LogP contribution is -2.37. The number of nitrogens with two attached hydrogens (primary N) is 1. The van der Waals surface area contributed by atoms with E-state index in [4.69, 9.17) is 10.7 Å². The normalized spacial score (nSPS) is 29.3. The summed E-state index contributed by atoms with van der Waals surface area (Å²) in [5.41, 5.74) is 11.2. The first-order valence-electron chi connectivity index (χ1n) is 13.7. The number of nitrogens with one attached hydrogen (secondary N) is 1. The zero-order valence-electron chi connectivity index (χ0n) is 21.7. The number of nitriles is 1. The number of rotatable bonds is 6. The minimum absolute atomic E-state index is 0.0174. The molecule has 1 aliphatic carbocycles. The zero-order chi connectivity index (χ0) is 25.2. The standard InChI is InChI=1S/C28H39N7S/c1-3-7-20(26(30)21-9-4-10-24-25(21)22(16-29)27(31)36-24)18(2)23-11-12-32-28(33-23)35-15-6-14-34-13-5-8-19(34)17-35/h11-12,19,21-22,27,30H,3-10,13-15,17,31H2,1-2H3/b20-18+,30-26?/t19?,21-,22?,27?/m0/s1. The van der Waals surface area contributed by atoms with Gasteiger partial charge in [-0.3, -0.25) is 4.90 Å². The number of anilines is 1. The summed E-state index contributed by atoms with van der Waals surface area (Å²) in [6.45, 7) is 8.66. The third-order valence-corrected chi connectivity index (χ3v) is 9.68. The van der Waals surface area contributed by atoms with Gasteiger partial charge in [0, 0.05) is 43.5 Å². The van der Waals surface area contributed by atoms with E-state index in [9.17, 15) is 10.7 Å². The van der Waals surface area contributed by atoms with Gasteiger partial charge in [-0.1, -0.05) is 13.3 Å². The largest absolute Gasteiger partial charge is 0.339 e. The van der Waals surface area contributed by atoms with E-state index >= 15 is 0 Å². The quantitative estimate of drug-likeness (QED) is 0.526. The van der Waals surface area contributed by atoms with Crippen LogP contribution in [-0.4, -0.2) is 58.2 Å². The average molecular weight is 506 g/mol. The van der Waals surface area contributed by atoms with E-state index in [1.165, 1.54) is 30.8 Å². The average Bonchev–Trinajstić information content (AvgIpc) is 3.41. The van der Waals surface area contributed by atoms with Crippen molar-refractivity contribution in [2.24, 2.45) is 17.6 Å². The first-order valence-corrected chi connectivity index (χ1v) is 14.6. The number of aromatic nitrogens is 2. The minimum atomic E-state index is -0.289. The molecule has 36 heavy (non-hydrogen) atoms. The maximum Gasteiger partial charge on any atom is 0.225 e. The molecule has 3 unspecified atom stereocenters. The maximum atomic E-state index is 9.85. The van der Waals surface area contributed by atoms with Gasteiger partial charge in [-0.15, -0.1) is 11.8 Å². The molecule has 0 aromatic carbocycles. The van der Waals surface area contributed by atoms with Gasteiger partial charge in [0.1, 0.15) is 0 Å². The van der Waals surface area contributed by atoms with Crippen LogP contribution in [-0.2, 0) is 0 Å². The van der Waals surface area contributed by atoms with Gasteiger partial charge in [0.05, 0.1) is 23.1 Å². The molecular weight excluding hydrogens is 466 g/mol. The summed E-state index contributed by atoms with van der Waals surface area (Å²) in [4.78, 5) is 16.0. The van der Waals surface area contributed by atoms with E-state index < -0.39 is 0 Å². The summed E-state index contributed by atoms with van der Waals surface area (Å²) in [6, 6.07) is 5.05. The molecule has 0 radical (unpaired) electrons. The number of thioether (sulfide) groups is 1. The third-order valence-electron chi connectivity index (χ3n) is 8.41. The Balaban J connectivity index is 1.44. The van der Waals surface area contributed by atoms with Gasteiger partial charge in [0.25, 0.3) is 0 Å². The van der Waals surface area contributed by atoms with Crippen LogP contribution < -0.4 is 10.6 Å². The fourth-order valence-electron chi connectivity index (χ4n) is 6.57. The van der Waals surface area contributed by atoms with E-state index in [2.05, 4.69) is 34.7 Å². The fraction of sp³-hybridized carbons (Fsp3) is 0.643. The highest BCUT2D eigenvalue weighted by Crippen LogP contribution is 2.50. The van der Waals surface area contributed by atoms with Crippen molar-refractivity contribution in [2.45, 2.75) is 76.6 Å². The molecule has 4 aliphatic rings. The maximum absolute atomic E-state index is 9.85. The second-order valence-corrected chi connectivity index (χ2v) is 11.9. The Bertz CT molecular complexity index is 1100. The molecule has 3 N–H and O–H groups in total. The number of allylic oxidation sites excluding steroid dienone is 3. The number of hydrogen-bond donors (Lipinski definition) is 2. The first-order chi connectivity index (χ1) is 17.5. The lowest BCUT2D eigenvalue weighted by molar-refractivity contribution is 0.273. The van der Waals surface area contributed by atoms with Crippen molar-refractivity contribution < 1.29 is 0 Å². The predicted octanol–water partition coefficient (Wildman–Crippen LogP) is 4.97. The summed E-state index contributed by atoms with van der Waals surface area (Å²) < 4.78 is 0. The fourth-order valence-corrected chi connectivity index (χ4v) is 7.91. The minimum Gasteiger partial charge on any atom is -0.339 e.